The maximum Gasteiger partial charge on any atom is 0.296 e. The van der Waals surface area contributed by atoms with E-state index in [1.54, 1.807) is 49.4 Å². The second kappa shape index (κ2) is 7.12. The average molecular weight is 427 g/mol. The topological polar surface area (TPSA) is 107 Å². The molecule has 8 nitrogen and oxygen atoms in total. The summed E-state index contributed by atoms with van der Waals surface area (Å²) in [5.74, 6) is -0.163. The Bertz CT molecular complexity index is 1470. The van der Waals surface area contributed by atoms with Gasteiger partial charge in [-0.1, -0.05) is 17.7 Å². The summed E-state index contributed by atoms with van der Waals surface area (Å²) in [4.78, 5) is 43.5. The number of fused-ring (bicyclic) bond motifs is 2. The van der Waals surface area contributed by atoms with Gasteiger partial charge >= 0.3 is 0 Å². The zero-order chi connectivity index (χ0) is 22.6. The number of aryl methyl sites for hydroxylation is 2. The molecule has 158 valence electrons. The lowest BCUT2D eigenvalue weighted by molar-refractivity contribution is -0.384. The van der Waals surface area contributed by atoms with Crippen molar-refractivity contribution in [1.29, 1.82) is 0 Å². The van der Waals surface area contributed by atoms with Crippen LogP contribution in [0.3, 0.4) is 0 Å². The van der Waals surface area contributed by atoms with Gasteiger partial charge in [-0.3, -0.25) is 24.6 Å². The molecule has 0 spiro atoms. The molecule has 1 unspecified atom stereocenters. The first kappa shape index (κ1) is 19.6. The van der Waals surface area contributed by atoms with Gasteiger partial charge in [0.05, 0.1) is 21.9 Å². The maximum atomic E-state index is 13.6. The smallest absolute Gasteiger partial charge is 0.296 e. The predicted octanol–water partition coefficient (Wildman–Crippen LogP) is 4.46. The van der Waals surface area contributed by atoms with Crippen LogP contribution in [-0.2, 0) is 0 Å². The number of pyridine rings is 1. The molecule has 8 heteroatoms. The summed E-state index contributed by atoms with van der Waals surface area (Å²) in [6, 6.07) is 15.5. The average Bonchev–Trinajstić information content (AvgIpc) is 3.07. The van der Waals surface area contributed by atoms with Crippen LogP contribution in [-0.4, -0.2) is 15.8 Å². The van der Waals surface area contributed by atoms with E-state index in [2.05, 4.69) is 4.98 Å². The first-order valence-corrected chi connectivity index (χ1v) is 9.94. The van der Waals surface area contributed by atoms with E-state index < -0.39 is 16.9 Å². The van der Waals surface area contributed by atoms with E-state index in [-0.39, 0.29) is 22.4 Å². The Morgan fingerprint density at radius 2 is 1.78 bits per heavy atom. The fourth-order valence-electron chi connectivity index (χ4n) is 4.08. The van der Waals surface area contributed by atoms with Crippen LogP contribution in [0.25, 0.3) is 11.0 Å². The minimum atomic E-state index is -0.825. The van der Waals surface area contributed by atoms with Gasteiger partial charge in [0.25, 0.3) is 11.6 Å². The molecular weight excluding hydrogens is 410 g/mol. The highest BCUT2D eigenvalue weighted by Crippen LogP contribution is 2.41. The molecule has 0 N–H and O–H groups in total. The number of amides is 1. The molecule has 2 aromatic heterocycles. The number of rotatable bonds is 3. The van der Waals surface area contributed by atoms with Gasteiger partial charge in [0.2, 0.25) is 5.76 Å². The lowest BCUT2D eigenvalue weighted by Crippen LogP contribution is -2.30. The Labute approximate surface area is 181 Å². The van der Waals surface area contributed by atoms with E-state index in [1.807, 2.05) is 13.0 Å². The Kier molecular flexibility index (Phi) is 4.37. The number of non-ortho nitro benzene ring substituents is 1. The molecule has 0 saturated heterocycles. The van der Waals surface area contributed by atoms with Crippen molar-refractivity contribution in [2.75, 3.05) is 4.90 Å². The third kappa shape index (κ3) is 2.96. The number of carbonyl (C=O) groups excluding carboxylic acids is 1. The fraction of sp³-hybridized carbons (Fsp3) is 0.125. The number of anilines is 1. The zero-order valence-electron chi connectivity index (χ0n) is 17.2. The van der Waals surface area contributed by atoms with Crippen molar-refractivity contribution in [3.63, 3.8) is 0 Å². The molecular formula is C24H17N3O5. The highest BCUT2D eigenvalue weighted by molar-refractivity contribution is 6.10. The fourth-order valence-corrected chi connectivity index (χ4v) is 4.08. The molecule has 0 bridgehead atoms. The summed E-state index contributed by atoms with van der Waals surface area (Å²) < 4.78 is 5.92. The molecule has 4 aromatic rings. The van der Waals surface area contributed by atoms with Gasteiger partial charge in [-0.15, -0.1) is 0 Å². The molecule has 32 heavy (non-hydrogen) atoms. The molecule has 5 rings (SSSR count). The van der Waals surface area contributed by atoms with Crippen molar-refractivity contribution in [3.05, 3.63) is 109 Å². The summed E-state index contributed by atoms with van der Waals surface area (Å²) in [6.45, 7) is 3.67. The van der Waals surface area contributed by atoms with E-state index in [4.69, 9.17) is 4.42 Å². The number of hydrogen-bond donors (Lipinski definition) is 0. The van der Waals surface area contributed by atoms with Gasteiger partial charge in [-0.05, 0) is 55.8 Å². The quantitative estimate of drug-likeness (QED) is 0.353. The van der Waals surface area contributed by atoms with Crippen molar-refractivity contribution in [1.82, 2.24) is 4.98 Å². The molecule has 3 heterocycles. The van der Waals surface area contributed by atoms with Gasteiger partial charge in [-0.25, -0.2) is 4.98 Å². The number of aromatic nitrogens is 1. The van der Waals surface area contributed by atoms with Crippen molar-refractivity contribution in [3.8, 4) is 0 Å². The number of nitrogens with zero attached hydrogens (tertiary/aromatic N) is 3. The minimum absolute atomic E-state index is 0.0435. The second-order valence-electron chi connectivity index (χ2n) is 7.74. The molecule has 0 radical (unpaired) electrons. The molecule has 0 aliphatic carbocycles. The summed E-state index contributed by atoms with van der Waals surface area (Å²) in [6.07, 6.45) is 0. The van der Waals surface area contributed by atoms with Gasteiger partial charge in [0, 0.05) is 17.8 Å². The van der Waals surface area contributed by atoms with Crippen molar-refractivity contribution in [2.24, 2.45) is 0 Å². The van der Waals surface area contributed by atoms with Crippen molar-refractivity contribution in [2.45, 2.75) is 19.9 Å². The van der Waals surface area contributed by atoms with Crippen LogP contribution in [0.5, 0.6) is 0 Å². The van der Waals surface area contributed by atoms with E-state index in [9.17, 15) is 19.7 Å². The summed E-state index contributed by atoms with van der Waals surface area (Å²) in [7, 11) is 0. The van der Waals surface area contributed by atoms with E-state index >= 15 is 0 Å². The van der Waals surface area contributed by atoms with Gasteiger partial charge in [0.15, 0.2) is 5.43 Å². The molecule has 2 aromatic carbocycles. The summed E-state index contributed by atoms with van der Waals surface area (Å²) in [5.41, 5.74) is 2.27. The van der Waals surface area contributed by atoms with Gasteiger partial charge < -0.3 is 4.42 Å². The molecule has 1 aliphatic heterocycles. The lowest BCUT2D eigenvalue weighted by atomic mass is 9.98. The predicted molar refractivity (Wildman–Crippen MR) is 118 cm³/mol. The molecule has 1 atom stereocenters. The van der Waals surface area contributed by atoms with Gasteiger partial charge in [0.1, 0.15) is 11.4 Å². The Morgan fingerprint density at radius 1 is 1.03 bits per heavy atom. The van der Waals surface area contributed by atoms with Crippen molar-refractivity contribution >= 4 is 28.4 Å². The summed E-state index contributed by atoms with van der Waals surface area (Å²) in [5, 5.41) is 11.5. The first-order chi connectivity index (χ1) is 15.3. The SMILES string of the molecule is Cc1ccc2oc3c(c(=O)c2c1)C(c1ccc([N+](=O)[O-])cc1)N(c1cccc(C)n1)C3=O. The van der Waals surface area contributed by atoms with Crippen LogP contribution >= 0.6 is 0 Å². The highest BCUT2D eigenvalue weighted by atomic mass is 16.6. The number of nitro benzene ring substituents is 1. The number of carbonyl (C=O) groups is 1. The van der Waals surface area contributed by atoms with Crippen molar-refractivity contribution < 1.29 is 14.1 Å². The van der Waals surface area contributed by atoms with Crippen LogP contribution in [0.15, 0.2) is 69.9 Å². The second-order valence-corrected chi connectivity index (χ2v) is 7.74. The van der Waals surface area contributed by atoms with Crippen LogP contribution in [0.4, 0.5) is 11.5 Å². The number of nitro groups is 1. The highest BCUT2D eigenvalue weighted by Gasteiger charge is 2.44. The Balaban J connectivity index is 1.80. The Morgan fingerprint density at radius 3 is 2.47 bits per heavy atom. The van der Waals surface area contributed by atoms with E-state index in [1.165, 1.54) is 17.0 Å². The standard InChI is InChI=1S/C24H17N3O5/c1-13-6-11-18-17(12-13)22(28)20-21(15-7-9-16(10-8-15)27(30)31)26(24(29)23(20)32-18)19-5-3-4-14(2)25-19/h3-12,21H,1-2H3. The van der Waals surface area contributed by atoms with E-state index in [0.717, 1.165) is 5.56 Å². The monoisotopic (exact) mass is 427 g/mol. The normalized spacial score (nSPS) is 15.2. The third-order valence-electron chi connectivity index (χ3n) is 5.57. The minimum Gasteiger partial charge on any atom is -0.450 e. The van der Waals surface area contributed by atoms with Crippen LogP contribution in [0.2, 0.25) is 0 Å². The molecule has 0 saturated carbocycles. The zero-order valence-corrected chi connectivity index (χ0v) is 17.2. The Hall–Kier alpha value is -4.33. The van der Waals surface area contributed by atoms with Crippen LogP contribution in [0.1, 0.15) is 39.0 Å². The van der Waals surface area contributed by atoms with Crippen LogP contribution < -0.4 is 10.3 Å². The maximum absolute atomic E-state index is 13.6. The number of hydrogen-bond acceptors (Lipinski definition) is 6. The first-order valence-electron chi connectivity index (χ1n) is 9.94. The van der Waals surface area contributed by atoms with E-state index in [0.29, 0.717) is 28.0 Å². The molecule has 1 amide bonds. The molecule has 1 aliphatic rings. The molecule has 0 fully saturated rings. The lowest BCUT2D eigenvalue weighted by Gasteiger charge is -2.24. The summed E-state index contributed by atoms with van der Waals surface area (Å²) >= 11 is 0. The number of benzene rings is 2. The van der Waals surface area contributed by atoms with Gasteiger partial charge in [-0.2, -0.15) is 0 Å². The third-order valence-corrected chi connectivity index (χ3v) is 5.57. The van der Waals surface area contributed by atoms with Crippen LogP contribution in [0, 0.1) is 24.0 Å². The largest absolute Gasteiger partial charge is 0.450 e.